The van der Waals surface area contributed by atoms with Gasteiger partial charge in [-0.25, -0.2) is 0 Å². The second-order valence-electron chi connectivity index (χ2n) is 5.42. The molecule has 0 saturated carbocycles. The largest absolute Gasteiger partial charge is 0.394 e. The van der Waals surface area contributed by atoms with Crippen LogP contribution in [0.5, 0.6) is 0 Å². The number of rotatable bonds is 5. The molecule has 0 aromatic rings. The van der Waals surface area contributed by atoms with Crippen molar-refractivity contribution < 1.29 is 24.5 Å². The summed E-state index contributed by atoms with van der Waals surface area (Å²) in [5.41, 5.74) is 0. The molecule has 3 N–H and O–H groups in total. The van der Waals surface area contributed by atoms with E-state index >= 15 is 0 Å². The van der Waals surface area contributed by atoms with Gasteiger partial charge in [0.1, 0.15) is 15.7 Å². The zero-order valence-corrected chi connectivity index (χ0v) is 11.3. The van der Waals surface area contributed by atoms with Crippen LogP contribution in [0.15, 0.2) is 0 Å². The number of carbonyl (C=O) groups is 1. The SMILES string of the molecule is [B][C@H]1C[C@@H](CC(=O)NC[C@H]2O[C@@H]([B])C[C@H]2O)[C@@H](CO)O1. The molecule has 0 spiro atoms. The molecule has 2 aliphatic heterocycles. The van der Waals surface area contributed by atoms with Crippen molar-refractivity contribution in [3.05, 3.63) is 0 Å². The zero-order valence-electron chi connectivity index (χ0n) is 11.3. The molecule has 2 aliphatic rings. The summed E-state index contributed by atoms with van der Waals surface area (Å²) in [6.07, 6.45) is -0.362. The first-order valence-corrected chi connectivity index (χ1v) is 6.87. The monoisotopic (exact) mass is 279 g/mol. The Balaban J connectivity index is 1.73. The number of hydrogen-bond acceptors (Lipinski definition) is 5. The van der Waals surface area contributed by atoms with Crippen molar-refractivity contribution in [2.75, 3.05) is 13.2 Å². The maximum absolute atomic E-state index is 11.9. The van der Waals surface area contributed by atoms with Crippen molar-refractivity contribution in [1.29, 1.82) is 0 Å². The molecule has 6 atom stereocenters. The molecule has 4 radical (unpaired) electrons. The molecule has 0 aromatic carbocycles. The molecule has 2 heterocycles. The molecule has 2 saturated heterocycles. The maximum atomic E-state index is 11.9. The van der Waals surface area contributed by atoms with Gasteiger partial charge < -0.3 is 25.0 Å². The lowest BCUT2D eigenvalue weighted by Gasteiger charge is -2.18. The molecule has 8 heteroatoms. The Kier molecular flexibility index (Phi) is 5.49. The second kappa shape index (κ2) is 6.93. The lowest BCUT2D eigenvalue weighted by atomic mass is 9.89. The van der Waals surface area contributed by atoms with Gasteiger partial charge in [-0.1, -0.05) is 0 Å². The van der Waals surface area contributed by atoms with Gasteiger partial charge in [-0.2, -0.15) is 0 Å². The standard InChI is InChI=1S/C12H19B2NO5/c13-10-1-6(9(5-16)20-10)2-12(18)15-4-8-7(17)3-11(14)19-8/h6-11,16-17H,1-5H2,(H,15,18)/t6-,7+,8+,9+,10+,11+/m0/s1. The third-order valence-electron chi connectivity index (χ3n) is 3.79. The smallest absolute Gasteiger partial charge is 0.220 e. The van der Waals surface area contributed by atoms with Crippen molar-refractivity contribution in [2.45, 2.75) is 49.6 Å². The topological polar surface area (TPSA) is 88.0 Å². The summed E-state index contributed by atoms with van der Waals surface area (Å²) in [7, 11) is 11.2. The van der Waals surface area contributed by atoms with Crippen LogP contribution in [-0.2, 0) is 14.3 Å². The number of nitrogens with one attached hydrogen (secondary N) is 1. The van der Waals surface area contributed by atoms with Crippen LogP contribution in [0, 0.1) is 5.92 Å². The van der Waals surface area contributed by atoms with E-state index in [1.807, 2.05) is 0 Å². The summed E-state index contributed by atoms with van der Waals surface area (Å²) in [6, 6.07) is -0.908. The van der Waals surface area contributed by atoms with E-state index in [4.69, 9.17) is 30.3 Å². The summed E-state index contributed by atoms with van der Waals surface area (Å²) in [6.45, 7) is 0.0715. The fraction of sp³-hybridized carbons (Fsp3) is 0.917. The average molecular weight is 279 g/mol. The molecular formula is C12H19B2NO5. The van der Waals surface area contributed by atoms with Crippen LogP contribution in [0.3, 0.4) is 0 Å². The first-order chi connectivity index (χ1) is 9.49. The van der Waals surface area contributed by atoms with Gasteiger partial charge in [-0.3, -0.25) is 4.79 Å². The highest BCUT2D eigenvalue weighted by Gasteiger charge is 2.34. The van der Waals surface area contributed by atoms with E-state index in [1.54, 1.807) is 0 Å². The van der Waals surface area contributed by atoms with Crippen LogP contribution in [0.25, 0.3) is 0 Å². The van der Waals surface area contributed by atoms with E-state index in [9.17, 15) is 9.90 Å². The third kappa shape index (κ3) is 3.97. The number of hydrogen-bond donors (Lipinski definition) is 3. The number of carbonyl (C=O) groups excluding carboxylic acids is 1. The minimum atomic E-state index is -0.654. The Labute approximate surface area is 121 Å². The maximum Gasteiger partial charge on any atom is 0.220 e. The van der Waals surface area contributed by atoms with Crippen LogP contribution < -0.4 is 5.32 Å². The van der Waals surface area contributed by atoms with Crippen LogP contribution in [0.1, 0.15) is 19.3 Å². The van der Waals surface area contributed by atoms with Gasteiger partial charge in [0.2, 0.25) is 5.91 Å². The first-order valence-electron chi connectivity index (χ1n) is 6.87. The van der Waals surface area contributed by atoms with Gasteiger partial charge in [0.05, 0.1) is 24.9 Å². The fourth-order valence-corrected chi connectivity index (χ4v) is 2.72. The van der Waals surface area contributed by atoms with Crippen molar-refractivity contribution in [1.82, 2.24) is 5.32 Å². The van der Waals surface area contributed by atoms with Crippen LogP contribution in [0.4, 0.5) is 0 Å². The van der Waals surface area contributed by atoms with Gasteiger partial charge >= 0.3 is 0 Å². The van der Waals surface area contributed by atoms with E-state index in [2.05, 4.69) is 5.32 Å². The molecule has 0 aromatic heterocycles. The molecule has 6 nitrogen and oxygen atoms in total. The van der Waals surface area contributed by atoms with E-state index < -0.39 is 30.3 Å². The molecule has 0 aliphatic carbocycles. The average Bonchev–Trinajstić information content (AvgIpc) is 2.89. The summed E-state index contributed by atoms with van der Waals surface area (Å²) in [4.78, 5) is 11.9. The number of ether oxygens (including phenoxy) is 2. The van der Waals surface area contributed by atoms with Crippen LogP contribution in [-0.4, -0.2) is 75.3 Å². The van der Waals surface area contributed by atoms with Crippen LogP contribution >= 0.6 is 0 Å². The van der Waals surface area contributed by atoms with Gasteiger partial charge in [0, 0.05) is 25.0 Å². The van der Waals surface area contributed by atoms with Gasteiger partial charge in [0.25, 0.3) is 0 Å². The Bertz CT molecular complexity index is 346. The fourth-order valence-electron chi connectivity index (χ4n) is 2.72. The van der Waals surface area contributed by atoms with Crippen molar-refractivity contribution in [2.24, 2.45) is 5.92 Å². The van der Waals surface area contributed by atoms with Crippen molar-refractivity contribution in [3.63, 3.8) is 0 Å². The first kappa shape index (κ1) is 15.8. The Morgan fingerprint density at radius 3 is 2.45 bits per heavy atom. The Hall–Kier alpha value is -0.560. The summed E-state index contributed by atoms with van der Waals surface area (Å²) < 4.78 is 10.6. The van der Waals surface area contributed by atoms with Crippen molar-refractivity contribution >= 4 is 21.6 Å². The minimum Gasteiger partial charge on any atom is -0.394 e. The van der Waals surface area contributed by atoms with Gasteiger partial charge in [-0.05, 0) is 18.8 Å². The second-order valence-corrected chi connectivity index (χ2v) is 5.42. The lowest BCUT2D eigenvalue weighted by Crippen LogP contribution is -2.38. The van der Waals surface area contributed by atoms with Crippen LogP contribution in [0.2, 0.25) is 0 Å². The number of aliphatic hydroxyl groups is 2. The Morgan fingerprint density at radius 2 is 1.85 bits per heavy atom. The van der Waals surface area contributed by atoms with E-state index in [1.165, 1.54) is 0 Å². The Morgan fingerprint density at radius 1 is 1.20 bits per heavy atom. The quantitative estimate of drug-likeness (QED) is 0.508. The molecular weight excluding hydrogens is 260 g/mol. The number of amides is 1. The summed E-state index contributed by atoms with van der Waals surface area (Å²) in [5, 5.41) is 21.5. The van der Waals surface area contributed by atoms with E-state index in [0.29, 0.717) is 12.8 Å². The minimum absolute atomic E-state index is 0.0910. The highest BCUT2D eigenvalue weighted by molar-refractivity contribution is 6.11. The highest BCUT2D eigenvalue weighted by atomic mass is 16.5. The molecule has 0 unspecified atom stereocenters. The highest BCUT2D eigenvalue weighted by Crippen LogP contribution is 2.27. The molecule has 0 bridgehead atoms. The predicted octanol–water partition coefficient (Wildman–Crippen LogP) is -1.97. The number of aliphatic hydroxyl groups excluding tert-OH is 2. The molecule has 2 rings (SSSR count). The third-order valence-corrected chi connectivity index (χ3v) is 3.79. The van der Waals surface area contributed by atoms with Gasteiger partial charge in [-0.15, -0.1) is 0 Å². The molecule has 2 fully saturated rings. The molecule has 20 heavy (non-hydrogen) atoms. The molecule has 108 valence electrons. The zero-order chi connectivity index (χ0) is 14.7. The van der Waals surface area contributed by atoms with Crippen molar-refractivity contribution in [3.8, 4) is 0 Å². The van der Waals surface area contributed by atoms with E-state index in [-0.39, 0.29) is 31.4 Å². The summed E-state index contributed by atoms with van der Waals surface area (Å²) >= 11 is 0. The lowest BCUT2D eigenvalue weighted by molar-refractivity contribution is -0.123. The van der Waals surface area contributed by atoms with E-state index in [0.717, 1.165) is 0 Å². The normalized spacial score (nSPS) is 40.9. The molecule has 1 amide bonds. The van der Waals surface area contributed by atoms with Gasteiger partial charge in [0.15, 0.2) is 0 Å². The predicted molar refractivity (Wildman–Crippen MR) is 72.3 cm³/mol. The summed E-state index contributed by atoms with van der Waals surface area (Å²) in [5.74, 6) is -0.269.